The molecule has 0 saturated heterocycles. The minimum Gasteiger partial charge on any atom is -0.504 e. The number of ether oxygens (including phenoxy) is 4. The van der Waals surface area contributed by atoms with Gasteiger partial charge in [0, 0.05) is 5.56 Å². The zero-order valence-electron chi connectivity index (χ0n) is 17.2. The fourth-order valence-corrected chi connectivity index (χ4v) is 3.41. The zero-order chi connectivity index (χ0) is 23.3. The normalized spacial score (nSPS) is 18.4. The first kappa shape index (κ1) is 23.8. The van der Waals surface area contributed by atoms with E-state index in [2.05, 4.69) is 0 Å². The molecule has 170 valence electrons. The van der Waals surface area contributed by atoms with E-state index in [0.29, 0.717) is 0 Å². The van der Waals surface area contributed by atoms with Crippen LogP contribution >= 0.6 is 0 Å². The van der Waals surface area contributed by atoms with E-state index >= 15 is 0 Å². The first-order valence-electron chi connectivity index (χ1n) is 9.65. The third-order valence-electron chi connectivity index (χ3n) is 4.64. The van der Waals surface area contributed by atoms with Crippen molar-refractivity contribution in [3.05, 3.63) is 17.2 Å². The van der Waals surface area contributed by atoms with Gasteiger partial charge < -0.3 is 34.3 Å². The van der Waals surface area contributed by atoms with Crippen LogP contribution in [0.5, 0.6) is 17.2 Å². The maximum Gasteiger partial charge on any atom is 0.348 e. The Balaban J connectivity index is 2.72. The summed E-state index contributed by atoms with van der Waals surface area (Å²) in [5.74, 6) is -9.51. The molecule has 1 aromatic carbocycles. The fraction of sp³-hybridized carbons (Fsp3) is 0.500. The van der Waals surface area contributed by atoms with Crippen LogP contribution in [0.15, 0.2) is 6.07 Å². The average Bonchev–Trinajstić information content (AvgIpc) is 2.71. The topological polar surface area (TPSA) is 166 Å². The smallest absolute Gasteiger partial charge is 0.348 e. The number of benzene rings is 1. The quantitative estimate of drug-likeness (QED) is 0.301. The first-order valence-corrected chi connectivity index (χ1v) is 9.65. The number of fused-ring (bicyclic) bond motifs is 1. The van der Waals surface area contributed by atoms with Crippen LogP contribution in [0.25, 0.3) is 0 Å². The van der Waals surface area contributed by atoms with Gasteiger partial charge in [-0.05, 0) is 26.8 Å². The van der Waals surface area contributed by atoms with Crippen molar-refractivity contribution in [2.75, 3.05) is 19.8 Å². The van der Waals surface area contributed by atoms with Crippen LogP contribution in [-0.2, 0) is 33.3 Å². The van der Waals surface area contributed by atoms with E-state index in [9.17, 15) is 34.5 Å². The van der Waals surface area contributed by atoms with Gasteiger partial charge in [-0.2, -0.15) is 0 Å². The molecular formula is C20H24O11. The molecule has 2 rings (SSSR count). The number of rotatable bonds is 8. The molecular weight excluding hydrogens is 416 g/mol. The van der Waals surface area contributed by atoms with E-state index in [1.807, 2.05) is 0 Å². The van der Waals surface area contributed by atoms with Gasteiger partial charge in [0.1, 0.15) is 0 Å². The number of phenolic OH excluding ortho intramolecular Hbond substituents is 3. The highest BCUT2D eigenvalue weighted by molar-refractivity contribution is 5.98. The Morgan fingerprint density at radius 2 is 1.61 bits per heavy atom. The molecule has 11 heteroatoms. The van der Waals surface area contributed by atoms with E-state index in [1.165, 1.54) is 13.8 Å². The van der Waals surface area contributed by atoms with Gasteiger partial charge in [0.15, 0.2) is 11.5 Å². The molecule has 0 aliphatic carbocycles. The average molecular weight is 440 g/mol. The highest BCUT2D eigenvalue weighted by Gasteiger charge is 2.50. The molecule has 11 nitrogen and oxygen atoms in total. The monoisotopic (exact) mass is 440 g/mol. The molecule has 0 saturated carbocycles. The largest absolute Gasteiger partial charge is 0.504 e. The van der Waals surface area contributed by atoms with E-state index < -0.39 is 71.0 Å². The first-order chi connectivity index (χ1) is 14.7. The summed E-state index contributed by atoms with van der Waals surface area (Å²) in [7, 11) is 0. The molecule has 0 spiro atoms. The second-order valence-corrected chi connectivity index (χ2v) is 6.53. The summed E-state index contributed by atoms with van der Waals surface area (Å²) in [5.41, 5.74) is -0.747. The molecule has 31 heavy (non-hydrogen) atoms. The second-order valence-electron chi connectivity index (χ2n) is 6.53. The SMILES string of the molecule is CCOC(=O)C[C@@H](C(=O)OCC)[C@H]1c2c(cc(O)c(O)c2O)C(=O)O[C@@H]1C(=O)OCC. The van der Waals surface area contributed by atoms with Crippen molar-refractivity contribution in [1.82, 2.24) is 0 Å². The van der Waals surface area contributed by atoms with Gasteiger partial charge in [0.25, 0.3) is 0 Å². The summed E-state index contributed by atoms with van der Waals surface area (Å²) in [6.45, 7) is 4.47. The second kappa shape index (κ2) is 10.0. The van der Waals surface area contributed by atoms with Gasteiger partial charge in [-0.25, -0.2) is 9.59 Å². The van der Waals surface area contributed by atoms with Crippen LogP contribution in [0.3, 0.4) is 0 Å². The lowest BCUT2D eigenvalue weighted by Gasteiger charge is -2.35. The van der Waals surface area contributed by atoms with Crippen molar-refractivity contribution >= 4 is 23.9 Å². The molecule has 0 fully saturated rings. The van der Waals surface area contributed by atoms with E-state index in [4.69, 9.17) is 18.9 Å². The van der Waals surface area contributed by atoms with Gasteiger partial charge in [0.05, 0.1) is 43.6 Å². The Morgan fingerprint density at radius 1 is 1.00 bits per heavy atom. The summed E-state index contributed by atoms with van der Waals surface area (Å²) in [4.78, 5) is 50.0. The predicted molar refractivity (Wildman–Crippen MR) is 101 cm³/mol. The summed E-state index contributed by atoms with van der Waals surface area (Å²) < 4.78 is 20.0. The van der Waals surface area contributed by atoms with Gasteiger partial charge >= 0.3 is 23.9 Å². The number of aromatic hydroxyl groups is 3. The lowest BCUT2D eigenvalue weighted by Crippen LogP contribution is -2.45. The summed E-state index contributed by atoms with van der Waals surface area (Å²) in [6, 6.07) is 0.827. The molecule has 0 radical (unpaired) electrons. The summed E-state index contributed by atoms with van der Waals surface area (Å²) in [5, 5.41) is 30.3. The van der Waals surface area contributed by atoms with Crippen LogP contribution in [-0.4, -0.2) is 65.1 Å². The molecule has 0 aromatic heterocycles. The van der Waals surface area contributed by atoms with Crippen molar-refractivity contribution in [3.8, 4) is 17.2 Å². The van der Waals surface area contributed by atoms with Crippen LogP contribution in [0.2, 0.25) is 0 Å². The van der Waals surface area contributed by atoms with Crippen molar-refractivity contribution in [1.29, 1.82) is 0 Å². The van der Waals surface area contributed by atoms with E-state index in [-0.39, 0.29) is 25.4 Å². The molecule has 1 heterocycles. The third-order valence-corrected chi connectivity index (χ3v) is 4.64. The maximum absolute atomic E-state index is 12.7. The molecule has 1 aliphatic rings. The summed E-state index contributed by atoms with van der Waals surface area (Å²) in [6.07, 6.45) is -2.32. The lowest BCUT2D eigenvalue weighted by molar-refractivity contribution is -0.163. The third kappa shape index (κ3) is 4.81. The number of hydrogen-bond acceptors (Lipinski definition) is 11. The predicted octanol–water partition coefficient (Wildman–Crippen LogP) is 1.12. The minimum atomic E-state index is -1.74. The fourth-order valence-electron chi connectivity index (χ4n) is 3.41. The maximum atomic E-state index is 12.7. The van der Waals surface area contributed by atoms with Crippen LogP contribution in [0.1, 0.15) is 49.0 Å². The Labute approximate surface area is 177 Å². The van der Waals surface area contributed by atoms with Crippen molar-refractivity contribution in [2.45, 2.75) is 39.2 Å². The zero-order valence-corrected chi connectivity index (χ0v) is 17.2. The van der Waals surface area contributed by atoms with Gasteiger partial charge in [-0.3, -0.25) is 9.59 Å². The van der Waals surface area contributed by atoms with Crippen LogP contribution < -0.4 is 0 Å². The summed E-state index contributed by atoms with van der Waals surface area (Å²) >= 11 is 0. The van der Waals surface area contributed by atoms with E-state index in [0.717, 1.165) is 6.07 Å². The Morgan fingerprint density at radius 3 is 2.19 bits per heavy atom. The lowest BCUT2D eigenvalue weighted by atomic mass is 9.76. The van der Waals surface area contributed by atoms with Gasteiger partial charge in [0.2, 0.25) is 11.9 Å². The van der Waals surface area contributed by atoms with Crippen LogP contribution in [0.4, 0.5) is 0 Å². The number of carbonyl (C=O) groups excluding carboxylic acids is 4. The van der Waals surface area contributed by atoms with Gasteiger partial charge in [-0.15, -0.1) is 0 Å². The molecule has 3 atom stereocenters. The molecule has 0 unspecified atom stereocenters. The molecule has 3 N–H and O–H groups in total. The van der Waals surface area contributed by atoms with E-state index in [1.54, 1.807) is 6.92 Å². The highest BCUT2D eigenvalue weighted by Crippen LogP contribution is 2.49. The number of esters is 4. The Bertz CT molecular complexity index is 876. The number of hydrogen-bond donors (Lipinski definition) is 3. The minimum absolute atomic E-state index is 0.0197. The van der Waals surface area contributed by atoms with Crippen molar-refractivity contribution in [3.63, 3.8) is 0 Å². The standard InChI is InChI=1S/C20H24O11/c1-4-28-12(22)8-10(18(25)29-5-2)14-13-9(7-11(21)15(23)16(13)24)19(26)31-17(14)20(27)30-6-3/h7,10,14,17,21,23-24H,4-6,8H2,1-3H3/t10-,14+,17+/m1/s1. The Kier molecular flexibility index (Phi) is 7.67. The number of phenols is 3. The number of cyclic esters (lactones) is 1. The molecule has 0 amide bonds. The highest BCUT2D eigenvalue weighted by atomic mass is 16.6. The van der Waals surface area contributed by atoms with Crippen LogP contribution in [0, 0.1) is 5.92 Å². The Hall–Kier alpha value is -3.50. The van der Waals surface area contributed by atoms with Crippen molar-refractivity contribution in [2.24, 2.45) is 5.92 Å². The number of carbonyl (C=O) groups is 4. The molecule has 1 aliphatic heterocycles. The van der Waals surface area contributed by atoms with Crippen molar-refractivity contribution < 1.29 is 53.4 Å². The molecule has 0 bridgehead atoms. The molecule has 1 aromatic rings. The van der Waals surface area contributed by atoms with Gasteiger partial charge in [-0.1, -0.05) is 0 Å².